The van der Waals surface area contributed by atoms with Gasteiger partial charge in [0.05, 0.1) is 0 Å². The zero-order chi connectivity index (χ0) is 29.0. The van der Waals surface area contributed by atoms with Crippen LogP contribution in [0.3, 0.4) is 0 Å². The number of amides is 3. The van der Waals surface area contributed by atoms with Crippen LogP contribution in [0.15, 0.2) is 85.1 Å². The molecular weight excluding hydrogens is 520 g/mol. The van der Waals surface area contributed by atoms with E-state index in [4.69, 9.17) is 5.21 Å². The number of phenols is 1. The van der Waals surface area contributed by atoms with E-state index in [-0.39, 0.29) is 24.5 Å². The maximum absolute atomic E-state index is 13.5. The Morgan fingerprint density at radius 1 is 0.829 bits per heavy atom. The molecule has 4 rings (SSSR count). The van der Waals surface area contributed by atoms with Gasteiger partial charge in [0.2, 0.25) is 17.7 Å². The average molecular weight is 557 g/mol. The van der Waals surface area contributed by atoms with Crippen LogP contribution in [0.4, 0.5) is 0 Å². The van der Waals surface area contributed by atoms with Crippen LogP contribution in [-0.2, 0) is 33.6 Å². The molecular formula is C32H36N4O5. The van der Waals surface area contributed by atoms with Crippen LogP contribution in [0, 0.1) is 5.92 Å². The van der Waals surface area contributed by atoms with E-state index in [1.165, 1.54) is 0 Å². The number of hydrogen-bond acceptors (Lipinski definition) is 5. The number of hydrogen-bond donors (Lipinski definition) is 6. The maximum atomic E-state index is 13.5. The van der Waals surface area contributed by atoms with Gasteiger partial charge in [0, 0.05) is 42.4 Å². The summed E-state index contributed by atoms with van der Waals surface area (Å²) in [6, 6.07) is 23.5. The summed E-state index contributed by atoms with van der Waals surface area (Å²) >= 11 is 0. The molecule has 6 N–H and O–H groups in total. The fourth-order valence-corrected chi connectivity index (χ4v) is 4.93. The molecule has 0 saturated carbocycles. The highest BCUT2D eigenvalue weighted by Crippen LogP contribution is 2.21. The van der Waals surface area contributed by atoms with Gasteiger partial charge in [-0.2, -0.15) is 0 Å². The lowest BCUT2D eigenvalue weighted by molar-refractivity contribution is -0.136. The minimum atomic E-state index is -0.866. The number of hydroxylamine groups is 1. The van der Waals surface area contributed by atoms with Gasteiger partial charge in [0.15, 0.2) is 0 Å². The van der Waals surface area contributed by atoms with Crippen LogP contribution in [0.1, 0.15) is 36.0 Å². The number of para-hydroxylation sites is 1. The van der Waals surface area contributed by atoms with Crippen LogP contribution >= 0.6 is 0 Å². The topological polar surface area (TPSA) is 144 Å². The Morgan fingerprint density at radius 2 is 1.54 bits per heavy atom. The molecule has 1 aromatic heterocycles. The third-order valence-corrected chi connectivity index (χ3v) is 7.17. The summed E-state index contributed by atoms with van der Waals surface area (Å²) in [5, 5.41) is 25.4. The number of carbonyl (C=O) groups is 3. The van der Waals surface area contributed by atoms with Crippen LogP contribution < -0.4 is 16.1 Å². The second kappa shape index (κ2) is 14.7. The largest absolute Gasteiger partial charge is 0.508 e. The van der Waals surface area contributed by atoms with Crippen LogP contribution in [0.2, 0.25) is 0 Å². The molecule has 1 heterocycles. The second-order valence-corrected chi connectivity index (χ2v) is 10.1. The molecule has 0 fully saturated rings. The number of fused-ring (bicyclic) bond motifs is 1. The molecule has 9 nitrogen and oxygen atoms in total. The minimum absolute atomic E-state index is 0.175. The van der Waals surface area contributed by atoms with Crippen LogP contribution in [0.25, 0.3) is 10.9 Å². The van der Waals surface area contributed by atoms with Crippen LogP contribution in [-0.4, -0.2) is 45.6 Å². The molecule has 3 amide bonds. The smallest absolute Gasteiger partial charge is 0.244 e. The third kappa shape index (κ3) is 8.68. The number of aromatic hydroxyl groups is 1. The standard InChI is InChI=1S/C32H36N4O5/c37-26-15-13-23(14-16-26)9-6-10-24(20-30(38)36-41)31(39)35-29(19-25-21-34-28-12-5-4-11-27(25)28)32(40)33-18-17-22-7-2-1-3-8-22/h1-5,7-8,11-16,21,24,29,34,37,41H,6,9-10,17-20H2,(H,33,40)(H,35,39)(H,36,38)/t24-,29+/m0/s1. The number of phenolic OH excluding ortho intramolecular Hbond substituents is 1. The zero-order valence-corrected chi connectivity index (χ0v) is 22.8. The Balaban J connectivity index is 1.46. The van der Waals surface area contributed by atoms with E-state index in [0.717, 1.165) is 27.6 Å². The molecule has 0 aliphatic heterocycles. The molecule has 41 heavy (non-hydrogen) atoms. The Hall–Kier alpha value is -4.63. The SMILES string of the molecule is O=C(C[C@H](CCCc1ccc(O)cc1)C(=O)N[C@H](Cc1c[nH]c2ccccc12)C(=O)NCCc1ccccc1)NO. The van der Waals surface area contributed by atoms with Crippen molar-refractivity contribution < 1.29 is 24.7 Å². The minimum Gasteiger partial charge on any atom is -0.508 e. The molecule has 0 saturated heterocycles. The zero-order valence-electron chi connectivity index (χ0n) is 22.8. The van der Waals surface area contributed by atoms with Crippen molar-refractivity contribution in [1.29, 1.82) is 0 Å². The maximum Gasteiger partial charge on any atom is 0.244 e. The van der Waals surface area contributed by atoms with E-state index < -0.39 is 23.8 Å². The molecule has 9 heteroatoms. The second-order valence-electron chi connectivity index (χ2n) is 10.1. The monoisotopic (exact) mass is 556 g/mol. The lowest BCUT2D eigenvalue weighted by Gasteiger charge is -2.22. The van der Waals surface area contributed by atoms with Gasteiger partial charge in [0.25, 0.3) is 0 Å². The van der Waals surface area contributed by atoms with Gasteiger partial charge in [-0.3, -0.25) is 19.6 Å². The molecule has 214 valence electrons. The van der Waals surface area contributed by atoms with E-state index in [2.05, 4.69) is 15.6 Å². The lowest BCUT2D eigenvalue weighted by Crippen LogP contribution is -2.50. The first-order valence-corrected chi connectivity index (χ1v) is 13.8. The van der Waals surface area contributed by atoms with Crippen molar-refractivity contribution in [2.45, 2.75) is 44.6 Å². The van der Waals surface area contributed by atoms with Crippen molar-refractivity contribution in [3.05, 3.63) is 102 Å². The predicted molar refractivity (Wildman–Crippen MR) is 156 cm³/mol. The molecule has 0 spiro atoms. The summed E-state index contributed by atoms with van der Waals surface area (Å²) in [7, 11) is 0. The number of aromatic nitrogens is 1. The quantitative estimate of drug-likeness (QED) is 0.103. The van der Waals surface area contributed by atoms with E-state index in [1.807, 2.05) is 72.9 Å². The Labute approximate surface area is 238 Å². The summed E-state index contributed by atoms with van der Waals surface area (Å²) < 4.78 is 0. The van der Waals surface area contributed by atoms with Crippen molar-refractivity contribution >= 4 is 28.6 Å². The predicted octanol–water partition coefficient (Wildman–Crippen LogP) is 3.79. The van der Waals surface area contributed by atoms with Crippen molar-refractivity contribution in [2.75, 3.05) is 6.54 Å². The third-order valence-electron chi connectivity index (χ3n) is 7.17. The Bertz CT molecular complexity index is 1440. The first-order chi connectivity index (χ1) is 19.9. The molecule has 3 aromatic carbocycles. The Morgan fingerprint density at radius 3 is 2.29 bits per heavy atom. The van der Waals surface area contributed by atoms with Crippen LogP contribution in [0.5, 0.6) is 5.75 Å². The van der Waals surface area contributed by atoms with Gasteiger partial charge in [-0.1, -0.05) is 60.7 Å². The highest BCUT2D eigenvalue weighted by molar-refractivity contribution is 5.91. The molecule has 0 aliphatic rings. The van der Waals surface area contributed by atoms with Gasteiger partial charge in [-0.15, -0.1) is 0 Å². The molecule has 0 aliphatic carbocycles. The van der Waals surface area contributed by atoms with E-state index in [0.29, 0.717) is 32.2 Å². The number of rotatable bonds is 14. The number of benzene rings is 3. The summed E-state index contributed by atoms with van der Waals surface area (Å²) in [5.74, 6) is -1.98. The van der Waals surface area contributed by atoms with E-state index in [9.17, 15) is 19.5 Å². The molecule has 4 aromatic rings. The number of H-pyrrole nitrogens is 1. The molecule has 2 atom stereocenters. The summed E-state index contributed by atoms with van der Waals surface area (Å²) in [6.45, 7) is 0.409. The lowest BCUT2D eigenvalue weighted by atomic mass is 9.94. The van der Waals surface area contributed by atoms with Gasteiger partial charge in [0.1, 0.15) is 11.8 Å². The fourth-order valence-electron chi connectivity index (χ4n) is 4.93. The fraction of sp³-hybridized carbons (Fsp3) is 0.281. The first kappa shape index (κ1) is 29.4. The van der Waals surface area contributed by atoms with Crippen molar-refractivity contribution in [3.63, 3.8) is 0 Å². The van der Waals surface area contributed by atoms with Crippen molar-refractivity contribution in [3.8, 4) is 5.75 Å². The summed E-state index contributed by atoms with van der Waals surface area (Å²) in [5.41, 5.74) is 5.52. The van der Waals surface area contributed by atoms with Crippen molar-refractivity contribution in [1.82, 2.24) is 21.1 Å². The van der Waals surface area contributed by atoms with E-state index in [1.54, 1.807) is 17.6 Å². The first-order valence-electron chi connectivity index (χ1n) is 13.8. The number of nitrogens with one attached hydrogen (secondary N) is 4. The molecule has 0 unspecified atom stereocenters. The Kier molecular flexibility index (Phi) is 10.5. The van der Waals surface area contributed by atoms with Crippen molar-refractivity contribution in [2.24, 2.45) is 5.92 Å². The van der Waals surface area contributed by atoms with Gasteiger partial charge >= 0.3 is 0 Å². The number of carbonyl (C=O) groups excluding carboxylic acids is 3. The number of aromatic amines is 1. The summed E-state index contributed by atoms with van der Waals surface area (Å²) in [4.78, 5) is 42.1. The van der Waals surface area contributed by atoms with E-state index >= 15 is 0 Å². The summed E-state index contributed by atoms with van der Waals surface area (Å²) in [6.07, 6.45) is 4.15. The highest BCUT2D eigenvalue weighted by Gasteiger charge is 2.28. The normalized spacial score (nSPS) is 12.4. The van der Waals surface area contributed by atoms with Gasteiger partial charge in [-0.05, 0) is 60.6 Å². The highest BCUT2D eigenvalue weighted by atomic mass is 16.5. The number of aryl methyl sites for hydroxylation is 1. The average Bonchev–Trinajstić information content (AvgIpc) is 3.40. The van der Waals surface area contributed by atoms with Gasteiger partial charge < -0.3 is 20.7 Å². The molecule has 0 bridgehead atoms. The molecule has 0 radical (unpaired) electrons. The van der Waals surface area contributed by atoms with Gasteiger partial charge in [-0.25, -0.2) is 5.48 Å².